The van der Waals surface area contributed by atoms with Gasteiger partial charge in [0.25, 0.3) is 0 Å². The SMILES string of the molecule is CC(C)(C)[N-]C1=CC=CC1.C[C-](C)C[SiH](C)C.[Ti+2]. The van der Waals surface area contributed by atoms with Gasteiger partial charge < -0.3 is 11.2 Å². The Morgan fingerprint density at radius 2 is 1.83 bits per heavy atom. The topological polar surface area (TPSA) is 14.1 Å². The maximum absolute atomic E-state index is 4.51. The van der Waals surface area contributed by atoms with Crippen molar-refractivity contribution in [2.24, 2.45) is 0 Å². The van der Waals surface area contributed by atoms with Crippen molar-refractivity contribution in [3.05, 3.63) is 35.2 Å². The quantitative estimate of drug-likeness (QED) is 0.509. The largest absolute Gasteiger partial charge is 2.00 e. The fourth-order valence-corrected chi connectivity index (χ4v) is 3.40. The molecule has 18 heavy (non-hydrogen) atoms. The fraction of sp³-hybridized carbons (Fsp3) is 0.667. The Morgan fingerprint density at radius 3 is 2.06 bits per heavy atom. The summed E-state index contributed by atoms with van der Waals surface area (Å²) in [6.45, 7) is 15.5. The zero-order valence-electron chi connectivity index (χ0n) is 13.2. The van der Waals surface area contributed by atoms with Crippen molar-refractivity contribution < 1.29 is 21.7 Å². The van der Waals surface area contributed by atoms with E-state index < -0.39 is 0 Å². The van der Waals surface area contributed by atoms with Crippen LogP contribution in [-0.2, 0) is 21.7 Å². The number of hydrogen-bond acceptors (Lipinski definition) is 0. The third-order valence-corrected chi connectivity index (χ3v) is 3.68. The van der Waals surface area contributed by atoms with E-state index in [0.717, 1.165) is 6.42 Å². The molecular formula is C15H29NSiTi. The molecule has 0 fully saturated rings. The van der Waals surface area contributed by atoms with Crippen molar-refractivity contribution in [3.8, 4) is 0 Å². The molecule has 0 aromatic heterocycles. The van der Waals surface area contributed by atoms with Gasteiger partial charge in [-0.3, -0.25) is 0 Å². The van der Waals surface area contributed by atoms with Gasteiger partial charge in [-0.25, -0.2) is 0 Å². The van der Waals surface area contributed by atoms with Crippen LogP contribution < -0.4 is 0 Å². The molecule has 3 heteroatoms. The Hall–Kier alpha value is 0.211. The Morgan fingerprint density at radius 1 is 1.28 bits per heavy atom. The molecular weight excluding hydrogens is 270 g/mol. The molecule has 0 saturated carbocycles. The molecule has 1 nitrogen and oxygen atoms in total. The summed E-state index contributed by atoms with van der Waals surface area (Å²) >= 11 is 0. The summed E-state index contributed by atoms with van der Waals surface area (Å²) in [7, 11) is -0.265. The van der Waals surface area contributed by atoms with Gasteiger partial charge in [-0.05, 0) is 6.42 Å². The Labute approximate surface area is 131 Å². The monoisotopic (exact) mass is 299 g/mol. The van der Waals surface area contributed by atoms with Gasteiger partial charge in [-0.2, -0.15) is 25.6 Å². The van der Waals surface area contributed by atoms with Crippen LogP contribution in [-0.4, -0.2) is 14.3 Å². The molecule has 1 aliphatic carbocycles. The van der Waals surface area contributed by atoms with Crippen LogP contribution in [0.3, 0.4) is 0 Å². The van der Waals surface area contributed by atoms with E-state index in [1.54, 1.807) is 5.92 Å². The standard InChI is InChI=1S/C9H14N.C6H15Si.Ti/c1-9(2,3)10-8-6-4-5-7-8;1-6(2)5-7(3)4;/h4-6H,7H2,1-3H3;7H,5H2,1-4H3;/q2*-1;+2. The normalized spacial score (nSPS) is 13.9. The van der Waals surface area contributed by atoms with Crippen LogP contribution in [0.25, 0.3) is 5.32 Å². The first kappa shape index (κ1) is 20.5. The van der Waals surface area contributed by atoms with E-state index >= 15 is 0 Å². The summed E-state index contributed by atoms with van der Waals surface area (Å²) in [4.78, 5) is 0. The van der Waals surface area contributed by atoms with Crippen molar-refractivity contribution in [2.75, 3.05) is 0 Å². The zero-order chi connectivity index (χ0) is 13.5. The molecule has 0 aliphatic heterocycles. The van der Waals surface area contributed by atoms with Crippen LogP contribution in [0.1, 0.15) is 41.0 Å². The fourth-order valence-electron chi connectivity index (χ4n) is 1.77. The molecule has 0 spiro atoms. The van der Waals surface area contributed by atoms with Gasteiger partial charge in [0.2, 0.25) is 0 Å². The molecule has 0 atom stereocenters. The smallest absolute Gasteiger partial charge is 0.683 e. The second kappa shape index (κ2) is 10.1. The van der Waals surface area contributed by atoms with Gasteiger partial charge >= 0.3 is 21.7 Å². The number of rotatable bonds is 3. The van der Waals surface area contributed by atoms with Crippen LogP contribution in [0.15, 0.2) is 23.9 Å². The molecule has 0 amide bonds. The van der Waals surface area contributed by atoms with E-state index in [1.807, 2.05) is 0 Å². The zero-order valence-corrected chi connectivity index (χ0v) is 15.9. The molecule has 0 bridgehead atoms. The third-order valence-electron chi connectivity index (χ3n) is 2.05. The van der Waals surface area contributed by atoms with E-state index in [9.17, 15) is 0 Å². The van der Waals surface area contributed by atoms with Crippen LogP contribution in [0.4, 0.5) is 0 Å². The average molecular weight is 299 g/mol. The summed E-state index contributed by atoms with van der Waals surface area (Å²) in [5.74, 6) is 1.60. The van der Waals surface area contributed by atoms with Crippen LogP contribution in [0.2, 0.25) is 19.1 Å². The van der Waals surface area contributed by atoms with Crippen LogP contribution >= 0.6 is 0 Å². The molecule has 0 radical (unpaired) electrons. The molecule has 0 heterocycles. The van der Waals surface area contributed by atoms with Crippen LogP contribution in [0.5, 0.6) is 0 Å². The summed E-state index contributed by atoms with van der Waals surface area (Å²) in [6.07, 6.45) is 7.28. The summed E-state index contributed by atoms with van der Waals surface area (Å²) in [5.41, 5.74) is 1.28. The molecule has 0 aromatic rings. The van der Waals surface area contributed by atoms with Crippen molar-refractivity contribution in [1.82, 2.24) is 0 Å². The second-order valence-electron chi connectivity index (χ2n) is 6.38. The van der Waals surface area contributed by atoms with E-state index in [-0.39, 0.29) is 36.1 Å². The van der Waals surface area contributed by atoms with E-state index in [2.05, 4.69) is 71.3 Å². The third kappa shape index (κ3) is 14.3. The Balaban J connectivity index is 0. The first-order chi connectivity index (χ1) is 7.70. The van der Waals surface area contributed by atoms with Crippen LogP contribution in [0, 0.1) is 5.92 Å². The van der Waals surface area contributed by atoms with Gasteiger partial charge in [-0.1, -0.05) is 52.1 Å². The molecule has 0 unspecified atom stereocenters. The van der Waals surface area contributed by atoms with Gasteiger partial charge in [0.1, 0.15) is 0 Å². The van der Waals surface area contributed by atoms with Crippen molar-refractivity contribution >= 4 is 8.80 Å². The number of hydrogen-bond donors (Lipinski definition) is 0. The minimum atomic E-state index is -0.265. The maximum atomic E-state index is 4.51. The van der Waals surface area contributed by atoms with E-state index in [4.69, 9.17) is 0 Å². The molecule has 0 saturated heterocycles. The Bertz CT molecular complexity index is 256. The minimum absolute atomic E-state index is 0. The average Bonchev–Trinajstić information content (AvgIpc) is 2.51. The van der Waals surface area contributed by atoms with Crippen molar-refractivity contribution in [1.29, 1.82) is 0 Å². The predicted molar refractivity (Wildman–Crippen MR) is 83.2 cm³/mol. The molecule has 0 N–H and O–H groups in total. The predicted octanol–water partition coefficient (Wildman–Crippen LogP) is 5.09. The summed E-state index contributed by atoms with van der Waals surface area (Å²) < 4.78 is 0. The maximum Gasteiger partial charge on any atom is 2.00 e. The summed E-state index contributed by atoms with van der Waals surface area (Å²) in [6, 6.07) is 1.42. The van der Waals surface area contributed by atoms with Gasteiger partial charge in [0, 0.05) is 8.80 Å². The molecule has 0 aromatic carbocycles. The second-order valence-corrected chi connectivity index (χ2v) is 9.57. The van der Waals surface area contributed by atoms with Gasteiger partial charge in [0.15, 0.2) is 0 Å². The van der Waals surface area contributed by atoms with E-state index in [0.29, 0.717) is 0 Å². The molecule has 1 aliphatic rings. The first-order valence-electron chi connectivity index (χ1n) is 6.58. The van der Waals surface area contributed by atoms with Gasteiger partial charge in [0.05, 0.1) is 0 Å². The van der Waals surface area contributed by atoms with Crippen molar-refractivity contribution in [2.45, 2.75) is 65.7 Å². The molecule has 1 rings (SSSR count). The van der Waals surface area contributed by atoms with Crippen molar-refractivity contribution in [3.63, 3.8) is 0 Å². The number of allylic oxidation sites excluding steroid dienone is 3. The van der Waals surface area contributed by atoms with Gasteiger partial charge in [-0.15, -0.1) is 5.54 Å². The first-order valence-corrected chi connectivity index (χ1v) is 9.71. The van der Waals surface area contributed by atoms with E-state index in [1.165, 1.54) is 11.7 Å². The summed E-state index contributed by atoms with van der Waals surface area (Å²) in [5, 5.41) is 4.51. The minimum Gasteiger partial charge on any atom is -0.683 e. The molecule has 102 valence electrons. The number of nitrogens with zero attached hydrogens (tertiary/aromatic N) is 1. The Kier molecular flexibility index (Phi) is 11.5.